The lowest BCUT2D eigenvalue weighted by atomic mass is 9.80. The standard InChI is InChI=1S/C35H44F3N9O7/c1-7-44(8-2)31-39-19-24(45(20(3)4)30(52)35(36,37)38)25(41-31)40-23(28(49)50)18-21-12-14-22(15-13-21)46-27(48)26(42(5)32(46)53)47-29(51)34(43(6)33(47)54)16-10-9-11-17-34/h12-15,19-20,23,26H,7-11,16-18H2,1-6H3,(H,49,50)(H,39,40,41)/t23-,26?/m0/s1. The molecule has 7 amide bonds. The third-order valence-corrected chi connectivity index (χ3v) is 10.3. The number of carbonyl (C=O) groups excluding carboxylic acids is 5. The van der Waals surface area contributed by atoms with E-state index in [1.54, 1.807) is 4.90 Å². The molecule has 5 rings (SSSR count). The van der Waals surface area contributed by atoms with Crippen LogP contribution in [0.25, 0.3) is 0 Å². The van der Waals surface area contributed by atoms with Crippen molar-refractivity contribution >= 4 is 58.9 Å². The molecule has 1 aromatic heterocycles. The van der Waals surface area contributed by atoms with Gasteiger partial charge in [-0.3, -0.25) is 24.2 Å². The van der Waals surface area contributed by atoms with Crippen LogP contribution in [0, 0.1) is 0 Å². The van der Waals surface area contributed by atoms with Gasteiger partial charge in [-0.25, -0.2) is 29.2 Å². The molecule has 1 aliphatic carbocycles. The zero-order chi connectivity index (χ0) is 39.9. The van der Waals surface area contributed by atoms with Gasteiger partial charge in [0, 0.05) is 39.6 Å². The summed E-state index contributed by atoms with van der Waals surface area (Å²) in [6.07, 6.45) is -2.62. The second-order valence-electron chi connectivity index (χ2n) is 13.8. The van der Waals surface area contributed by atoms with Crippen LogP contribution in [0.2, 0.25) is 0 Å². The summed E-state index contributed by atoms with van der Waals surface area (Å²) in [7, 11) is 2.85. The fourth-order valence-corrected chi connectivity index (χ4v) is 7.31. The van der Waals surface area contributed by atoms with Crippen molar-refractivity contribution in [3.8, 4) is 0 Å². The smallest absolute Gasteiger partial charge is 0.471 e. The number of nitrogens with zero attached hydrogens (tertiary/aromatic N) is 8. The number of hydrogen-bond donors (Lipinski definition) is 2. The van der Waals surface area contributed by atoms with Crippen molar-refractivity contribution in [3.63, 3.8) is 0 Å². The highest BCUT2D eigenvalue weighted by Gasteiger charge is 2.62. The summed E-state index contributed by atoms with van der Waals surface area (Å²) >= 11 is 0. The number of carboxylic acid groups (broad SMARTS) is 1. The molecule has 2 aliphatic heterocycles. The summed E-state index contributed by atoms with van der Waals surface area (Å²) in [5, 5.41) is 12.9. The fraction of sp³-hybridized carbons (Fsp3) is 0.543. The van der Waals surface area contributed by atoms with Crippen molar-refractivity contribution in [2.75, 3.05) is 47.2 Å². The van der Waals surface area contributed by atoms with E-state index in [1.165, 1.54) is 57.1 Å². The number of benzene rings is 1. The highest BCUT2D eigenvalue weighted by molar-refractivity contribution is 6.23. The van der Waals surface area contributed by atoms with Gasteiger partial charge in [-0.15, -0.1) is 0 Å². The van der Waals surface area contributed by atoms with Crippen LogP contribution in [0.5, 0.6) is 0 Å². The van der Waals surface area contributed by atoms with Crippen molar-refractivity contribution in [1.82, 2.24) is 24.7 Å². The van der Waals surface area contributed by atoms with E-state index in [1.807, 2.05) is 13.8 Å². The Kier molecular flexibility index (Phi) is 11.1. The van der Waals surface area contributed by atoms with Crippen LogP contribution in [-0.4, -0.2) is 123 Å². The molecule has 3 fully saturated rings. The first-order valence-electron chi connectivity index (χ1n) is 17.7. The van der Waals surface area contributed by atoms with Gasteiger partial charge in [0.05, 0.1) is 11.9 Å². The number of hydrogen-bond acceptors (Lipinski definition) is 10. The summed E-state index contributed by atoms with van der Waals surface area (Å²) in [6.45, 7) is 7.21. The number of imide groups is 2. The predicted octanol–water partition coefficient (Wildman–Crippen LogP) is 4.06. The Hall–Kier alpha value is -5.49. The summed E-state index contributed by atoms with van der Waals surface area (Å²) in [5.41, 5.74) is -0.947. The molecule has 54 heavy (non-hydrogen) atoms. The number of urea groups is 2. The number of carbonyl (C=O) groups is 6. The van der Waals surface area contributed by atoms with Gasteiger partial charge < -0.3 is 20.2 Å². The van der Waals surface area contributed by atoms with E-state index >= 15 is 0 Å². The zero-order valence-electron chi connectivity index (χ0n) is 30.9. The molecule has 3 aliphatic rings. The van der Waals surface area contributed by atoms with Gasteiger partial charge in [0.1, 0.15) is 17.3 Å². The number of carboxylic acids is 1. The third kappa shape index (κ3) is 6.98. The van der Waals surface area contributed by atoms with Gasteiger partial charge in [-0.05, 0) is 58.2 Å². The van der Waals surface area contributed by atoms with Crippen molar-refractivity contribution in [3.05, 3.63) is 36.0 Å². The van der Waals surface area contributed by atoms with Gasteiger partial charge in [0.25, 0.3) is 11.8 Å². The largest absolute Gasteiger partial charge is 0.480 e. The first-order chi connectivity index (χ1) is 25.4. The number of anilines is 4. The molecule has 0 bridgehead atoms. The average Bonchev–Trinajstić information content (AvgIpc) is 3.44. The number of amides is 7. The lowest BCUT2D eigenvalue weighted by Crippen LogP contribution is -2.53. The topological polar surface area (TPSA) is 180 Å². The van der Waals surface area contributed by atoms with Crippen LogP contribution >= 0.6 is 0 Å². The minimum absolute atomic E-state index is 0.1000. The Morgan fingerprint density at radius 3 is 2.15 bits per heavy atom. The normalized spacial score (nSPS) is 19.3. The maximum Gasteiger partial charge on any atom is 0.471 e. The number of likely N-dealkylation sites (N-methyl/N-ethyl adjacent to an activating group) is 2. The first-order valence-corrected chi connectivity index (χ1v) is 17.7. The molecule has 1 unspecified atom stereocenters. The van der Waals surface area contributed by atoms with Crippen LogP contribution in [0.1, 0.15) is 65.4 Å². The molecule has 2 aromatic rings. The van der Waals surface area contributed by atoms with Gasteiger partial charge in [-0.1, -0.05) is 31.4 Å². The lowest BCUT2D eigenvalue weighted by Gasteiger charge is -2.36. The van der Waals surface area contributed by atoms with Crippen LogP contribution in [0.4, 0.5) is 45.9 Å². The summed E-state index contributed by atoms with van der Waals surface area (Å²) < 4.78 is 41.0. The highest BCUT2D eigenvalue weighted by Crippen LogP contribution is 2.42. The molecular weight excluding hydrogens is 715 g/mol. The second kappa shape index (κ2) is 15.1. The Morgan fingerprint density at radius 1 is 1.00 bits per heavy atom. The van der Waals surface area contributed by atoms with E-state index in [-0.39, 0.29) is 29.6 Å². The Balaban J connectivity index is 1.40. The van der Waals surface area contributed by atoms with Crippen LogP contribution in [-0.2, 0) is 25.6 Å². The summed E-state index contributed by atoms with van der Waals surface area (Å²) in [5.74, 6) is -5.11. The van der Waals surface area contributed by atoms with E-state index in [4.69, 9.17) is 0 Å². The number of rotatable bonds is 12. The molecule has 1 saturated carbocycles. The molecule has 1 spiro atoms. The van der Waals surface area contributed by atoms with Crippen molar-refractivity contribution in [1.29, 1.82) is 0 Å². The molecule has 3 heterocycles. The zero-order valence-corrected chi connectivity index (χ0v) is 30.9. The molecule has 292 valence electrons. The summed E-state index contributed by atoms with van der Waals surface area (Å²) in [4.78, 5) is 94.2. The quantitative estimate of drug-likeness (QED) is 0.298. The van der Waals surface area contributed by atoms with E-state index in [0.29, 0.717) is 36.4 Å². The Morgan fingerprint density at radius 2 is 1.61 bits per heavy atom. The predicted molar refractivity (Wildman–Crippen MR) is 190 cm³/mol. The fourth-order valence-electron chi connectivity index (χ4n) is 7.31. The van der Waals surface area contributed by atoms with Crippen molar-refractivity contribution in [2.24, 2.45) is 0 Å². The van der Waals surface area contributed by atoms with Crippen LogP contribution < -0.4 is 20.0 Å². The second-order valence-corrected chi connectivity index (χ2v) is 13.8. The first kappa shape index (κ1) is 39.7. The molecular formula is C35H44F3N9O7. The monoisotopic (exact) mass is 759 g/mol. The number of nitrogens with one attached hydrogen (secondary N) is 1. The molecule has 0 radical (unpaired) electrons. The minimum Gasteiger partial charge on any atom is -0.480 e. The molecule has 19 heteroatoms. The number of aliphatic carboxylic acids is 1. The molecule has 1 aromatic carbocycles. The SMILES string of the molecule is CCN(CC)c1ncc(N(C(=O)C(F)(F)F)C(C)C)c(N[C@@H](Cc2ccc(N3C(=O)C(N4C(=O)N(C)C5(CCCCC5)C4=O)N(C)C3=O)cc2)C(=O)O)n1. The van der Waals surface area contributed by atoms with Gasteiger partial charge in [0.15, 0.2) is 12.0 Å². The molecule has 16 nitrogen and oxygen atoms in total. The van der Waals surface area contributed by atoms with Gasteiger partial charge in [-0.2, -0.15) is 18.2 Å². The van der Waals surface area contributed by atoms with E-state index in [0.717, 1.165) is 40.2 Å². The summed E-state index contributed by atoms with van der Waals surface area (Å²) in [6, 6.07) is 1.80. The number of halogens is 3. The molecule has 2 N–H and O–H groups in total. The van der Waals surface area contributed by atoms with Gasteiger partial charge in [0.2, 0.25) is 5.95 Å². The van der Waals surface area contributed by atoms with Crippen LogP contribution in [0.15, 0.2) is 30.5 Å². The maximum atomic E-state index is 13.8. The maximum absolute atomic E-state index is 13.8. The number of alkyl halides is 3. The van der Waals surface area contributed by atoms with Crippen LogP contribution in [0.3, 0.4) is 0 Å². The Labute approximate surface area is 309 Å². The molecule has 2 saturated heterocycles. The van der Waals surface area contributed by atoms with Crippen molar-refractivity contribution < 1.29 is 47.0 Å². The number of aromatic nitrogens is 2. The van der Waals surface area contributed by atoms with E-state index in [9.17, 15) is 47.0 Å². The minimum atomic E-state index is -5.24. The average molecular weight is 760 g/mol. The van der Waals surface area contributed by atoms with E-state index in [2.05, 4.69) is 15.3 Å². The lowest BCUT2D eigenvalue weighted by molar-refractivity contribution is -0.170. The van der Waals surface area contributed by atoms with E-state index < -0.39 is 65.7 Å². The third-order valence-electron chi connectivity index (χ3n) is 10.3. The highest BCUT2D eigenvalue weighted by atomic mass is 19.4. The molecule has 2 atom stereocenters. The van der Waals surface area contributed by atoms with Crippen molar-refractivity contribution in [2.45, 2.75) is 96.2 Å². The van der Waals surface area contributed by atoms with Gasteiger partial charge >= 0.3 is 30.1 Å². The Bertz CT molecular complexity index is 1810.